The van der Waals surface area contributed by atoms with Crippen molar-refractivity contribution in [2.45, 2.75) is 19.9 Å². The molecule has 146 valence electrons. The molecule has 0 N–H and O–H groups in total. The molecular formula is C20H24N6O2. The smallest absolute Gasteiger partial charge is 0.261 e. The summed E-state index contributed by atoms with van der Waals surface area (Å²) in [4.78, 5) is 37.6. The van der Waals surface area contributed by atoms with E-state index in [-0.39, 0.29) is 17.2 Å². The van der Waals surface area contributed by atoms with Gasteiger partial charge in [-0.2, -0.15) is 0 Å². The van der Waals surface area contributed by atoms with Crippen LogP contribution in [0, 0.1) is 0 Å². The Hall–Kier alpha value is -3.16. The number of piperazine rings is 1. The van der Waals surface area contributed by atoms with Crippen molar-refractivity contribution in [1.82, 2.24) is 19.1 Å². The summed E-state index contributed by atoms with van der Waals surface area (Å²) in [6.07, 6.45) is 3.18. The zero-order chi connectivity index (χ0) is 19.8. The monoisotopic (exact) mass is 380 g/mol. The normalized spacial score (nSPS) is 14.9. The molecule has 1 saturated heterocycles. The van der Waals surface area contributed by atoms with E-state index < -0.39 is 0 Å². The van der Waals surface area contributed by atoms with Crippen LogP contribution in [0.1, 0.15) is 19.9 Å². The number of hydrogen-bond acceptors (Lipinski definition) is 6. The molecule has 1 aliphatic rings. The highest BCUT2D eigenvalue weighted by Gasteiger charge is 2.19. The van der Waals surface area contributed by atoms with Crippen LogP contribution in [0.2, 0.25) is 0 Å². The second kappa shape index (κ2) is 7.10. The van der Waals surface area contributed by atoms with Gasteiger partial charge in [0.05, 0.1) is 23.6 Å². The fourth-order valence-electron chi connectivity index (χ4n) is 3.51. The Morgan fingerprint density at radius 3 is 2.32 bits per heavy atom. The van der Waals surface area contributed by atoms with Crippen molar-refractivity contribution in [2.75, 3.05) is 36.0 Å². The van der Waals surface area contributed by atoms with Crippen molar-refractivity contribution in [3.05, 3.63) is 57.6 Å². The summed E-state index contributed by atoms with van der Waals surface area (Å²) in [6, 6.07) is 7.50. The second-order valence-corrected chi connectivity index (χ2v) is 7.42. The molecule has 0 saturated carbocycles. The molecule has 8 nitrogen and oxygen atoms in total. The van der Waals surface area contributed by atoms with Crippen LogP contribution in [0.15, 0.2) is 46.5 Å². The topological polar surface area (TPSA) is 76.3 Å². The van der Waals surface area contributed by atoms with E-state index in [9.17, 15) is 9.59 Å². The molecule has 0 radical (unpaired) electrons. The van der Waals surface area contributed by atoms with Crippen molar-refractivity contribution in [2.24, 2.45) is 7.05 Å². The molecule has 1 aliphatic heterocycles. The van der Waals surface area contributed by atoms with E-state index in [2.05, 4.69) is 19.8 Å². The molecule has 8 heteroatoms. The molecule has 3 heterocycles. The third kappa shape index (κ3) is 3.26. The number of aromatic nitrogens is 4. The average molecular weight is 380 g/mol. The minimum atomic E-state index is -0.0555. The number of anilines is 2. The lowest BCUT2D eigenvalue weighted by Gasteiger charge is -2.36. The number of hydrogen-bond donors (Lipinski definition) is 0. The molecule has 0 atom stereocenters. The summed E-state index contributed by atoms with van der Waals surface area (Å²) in [7, 11) is 1.70. The zero-order valence-electron chi connectivity index (χ0n) is 16.4. The van der Waals surface area contributed by atoms with Gasteiger partial charge < -0.3 is 14.4 Å². The van der Waals surface area contributed by atoms with Gasteiger partial charge in [-0.1, -0.05) is 0 Å². The van der Waals surface area contributed by atoms with E-state index in [1.165, 1.54) is 4.57 Å². The standard InChI is InChI=1S/C20H24N6O2/c1-14(2)26-13-21-17-10-15(4-5-16(17)20(26)28)24-6-8-25(9-7-24)18-11-19(27)23(3)12-22-18/h4-5,10-14H,6-9H2,1-3H3. The molecule has 3 aromatic rings. The summed E-state index contributed by atoms with van der Waals surface area (Å²) in [5.41, 5.74) is 1.71. The van der Waals surface area contributed by atoms with Gasteiger partial charge >= 0.3 is 0 Å². The molecular weight excluding hydrogens is 356 g/mol. The van der Waals surface area contributed by atoms with Crippen LogP contribution >= 0.6 is 0 Å². The van der Waals surface area contributed by atoms with E-state index in [0.717, 1.165) is 43.2 Å². The summed E-state index contributed by atoms with van der Waals surface area (Å²) in [6.45, 7) is 7.12. The number of fused-ring (bicyclic) bond motifs is 1. The van der Waals surface area contributed by atoms with Crippen LogP contribution in [0.3, 0.4) is 0 Å². The molecule has 4 rings (SSSR count). The van der Waals surface area contributed by atoms with Gasteiger partial charge in [-0.15, -0.1) is 0 Å². The van der Waals surface area contributed by atoms with E-state index >= 15 is 0 Å². The number of rotatable bonds is 3. The maximum Gasteiger partial charge on any atom is 0.261 e. The molecule has 0 spiro atoms. The van der Waals surface area contributed by atoms with Crippen molar-refractivity contribution >= 4 is 22.4 Å². The van der Waals surface area contributed by atoms with Crippen molar-refractivity contribution in [3.8, 4) is 0 Å². The second-order valence-electron chi connectivity index (χ2n) is 7.42. The lowest BCUT2D eigenvalue weighted by Crippen LogP contribution is -2.47. The molecule has 2 aromatic heterocycles. The average Bonchev–Trinajstić information content (AvgIpc) is 2.70. The largest absolute Gasteiger partial charge is 0.368 e. The molecule has 0 amide bonds. The van der Waals surface area contributed by atoms with Crippen LogP contribution in [-0.4, -0.2) is 45.3 Å². The zero-order valence-corrected chi connectivity index (χ0v) is 16.4. The van der Waals surface area contributed by atoms with Gasteiger partial charge in [-0.3, -0.25) is 14.2 Å². The van der Waals surface area contributed by atoms with E-state index in [0.29, 0.717) is 5.39 Å². The van der Waals surface area contributed by atoms with Crippen LogP contribution < -0.4 is 20.9 Å². The van der Waals surface area contributed by atoms with Gasteiger partial charge in [0.15, 0.2) is 0 Å². The molecule has 0 unspecified atom stereocenters. The lowest BCUT2D eigenvalue weighted by atomic mass is 10.2. The summed E-state index contributed by atoms with van der Waals surface area (Å²) < 4.78 is 3.12. The Morgan fingerprint density at radius 2 is 1.64 bits per heavy atom. The van der Waals surface area contributed by atoms with Crippen molar-refractivity contribution in [1.29, 1.82) is 0 Å². The maximum absolute atomic E-state index is 12.6. The Labute approximate surface area is 162 Å². The van der Waals surface area contributed by atoms with Gasteiger partial charge in [0.1, 0.15) is 5.82 Å². The number of nitrogens with zero attached hydrogens (tertiary/aromatic N) is 6. The van der Waals surface area contributed by atoms with Gasteiger partial charge in [0, 0.05) is 51.0 Å². The quantitative estimate of drug-likeness (QED) is 0.684. The Kier molecular flexibility index (Phi) is 4.62. The number of benzene rings is 1. The fourth-order valence-corrected chi connectivity index (χ4v) is 3.51. The van der Waals surface area contributed by atoms with Crippen molar-refractivity contribution < 1.29 is 0 Å². The highest BCUT2D eigenvalue weighted by atomic mass is 16.1. The van der Waals surface area contributed by atoms with E-state index in [4.69, 9.17) is 0 Å². The van der Waals surface area contributed by atoms with Crippen molar-refractivity contribution in [3.63, 3.8) is 0 Å². The minimum Gasteiger partial charge on any atom is -0.368 e. The van der Waals surface area contributed by atoms with E-state index in [1.807, 2.05) is 32.0 Å². The summed E-state index contributed by atoms with van der Waals surface area (Å²) in [5.74, 6) is 0.720. The first-order valence-electron chi connectivity index (χ1n) is 9.47. The van der Waals surface area contributed by atoms with Gasteiger partial charge in [0.25, 0.3) is 11.1 Å². The Bertz CT molecular complexity index is 1130. The van der Waals surface area contributed by atoms with Crippen LogP contribution in [-0.2, 0) is 7.05 Å². The molecule has 28 heavy (non-hydrogen) atoms. The van der Waals surface area contributed by atoms with Crippen LogP contribution in [0.5, 0.6) is 0 Å². The molecule has 1 aromatic carbocycles. The first-order chi connectivity index (χ1) is 13.4. The maximum atomic E-state index is 12.6. The van der Waals surface area contributed by atoms with Gasteiger partial charge in [-0.05, 0) is 32.0 Å². The predicted octanol–water partition coefficient (Wildman–Crippen LogP) is 1.40. The summed E-state index contributed by atoms with van der Waals surface area (Å²) >= 11 is 0. The third-order valence-corrected chi connectivity index (χ3v) is 5.26. The highest BCUT2D eigenvalue weighted by Crippen LogP contribution is 2.22. The molecule has 0 aliphatic carbocycles. The molecule has 1 fully saturated rings. The van der Waals surface area contributed by atoms with E-state index in [1.54, 1.807) is 30.3 Å². The predicted molar refractivity (Wildman–Crippen MR) is 110 cm³/mol. The number of aryl methyl sites for hydroxylation is 1. The lowest BCUT2D eigenvalue weighted by molar-refractivity contribution is 0.573. The highest BCUT2D eigenvalue weighted by molar-refractivity contribution is 5.81. The first kappa shape index (κ1) is 18.2. The molecule has 0 bridgehead atoms. The summed E-state index contributed by atoms with van der Waals surface area (Å²) in [5, 5.41) is 0.642. The third-order valence-electron chi connectivity index (χ3n) is 5.26. The van der Waals surface area contributed by atoms with Crippen LogP contribution in [0.25, 0.3) is 10.9 Å². The Balaban J connectivity index is 1.53. The SMILES string of the molecule is CC(C)n1cnc2cc(N3CCN(c4cc(=O)n(C)cn4)CC3)ccc2c1=O. The minimum absolute atomic E-state index is 0.00639. The first-order valence-corrected chi connectivity index (χ1v) is 9.47. The fraction of sp³-hybridized carbons (Fsp3) is 0.400. The van der Waals surface area contributed by atoms with Gasteiger partial charge in [-0.25, -0.2) is 9.97 Å². The Morgan fingerprint density at radius 1 is 0.929 bits per heavy atom. The van der Waals surface area contributed by atoms with Crippen LogP contribution in [0.4, 0.5) is 11.5 Å². The van der Waals surface area contributed by atoms with Gasteiger partial charge in [0.2, 0.25) is 0 Å².